The van der Waals surface area contributed by atoms with Gasteiger partial charge in [0.2, 0.25) is 0 Å². The van der Waals surface area contributed by atoms with Crippen LogP contribution < -0.4 is 10.1 Å². The van der Waals surface area contributed by atoms with Crippen LogP contribution in [0, 0.1) is 0 Å². The number of hydrogen-bond donors (Lipinski definition) is 2. The van der Waals surface area contributed by atoms with Crippen LogP contribution in [0.1, 0.15) is 40.2 Å². The summed E-state index contributed by atoms with van der Waals surface area (Å²) in [5, 5.41) is 15.3. The van der Waals surface area contributed by atoms with Gasteiger partial charge in [0.15, 0.2) is 5.69 Å². The number of aliphatic hydroxyl groups is 1. The highest BCUT2D eigenvalue weighted by atomic mass is 16.5. The van der Waals surface area contributed by atoms with Crippen LogP contribution in [0.5, 0.6) is 5.75 Å². The first-order valence-electron chi connectivity index (χ1n) is 14.8. The largest absolute Gasteiger partial charge is 0.494 e. The molecule has 1 aliphatic rings. The van der Waals surface area contributed by atoms with Gasteiger partial charge in [0.1, 0.15) is 11.9 Å². The lowest BCUT2D eigenvalue weighted by atomic mass is 9.94. The molecule has 2 N–H and O–H groups in total. The molecule has 1 aliphatic heterocycles. The lowest BCUT2D eigenvalue weighted by molar-refractivity contribution is 0.0601. The molecule has 43 heavy (non-hydrogen) atoms. The molecule has 0 bridgehead atoms. The molecular weight excluding hydrogens is 536 g/mol. The highest BCUT2D eigenvalue weighted by Crippen LogP contribution is 2.37. The van der Waals surface area contributed by atoms with Gasteiger partial charge >= 0.3 is 0 Å². The number of carbonyl (C=O) groups is 1. The summed E-state index contributed by atoms with van der Waals surface area (Å²) in [7, 11) is 0. The van der Waals surface area contributed by atoms with Gasteiger partial charge in [-0.3, -0.25) is 4.79 Å². The molecule has 0 radical (unpaired) electrons. The van der Waals surface area contributed by atoms with Gasteiger partial charge in [-0.15, -0.1) is 0 Å². The Morgan fingerprint density at radius 2 is 1.47 bits per heavy atom. The normalized spacial score (nSPS) is 16.4. The van der Waals surface area contributed by atoms with Crippen molar-refractivity contribution in [1.29, 1.82) is 0 Å². The summed E-state index contributed by atoms with van der Waals surface area (Å²) in [6, 6.07) is 38.6. The van der Waals surface area contributed by atoms with Crippen LogP contribution in [0.3, 0.4) is 0 Å². The van der Waals surface area contributed by atoms with Gasteiger partial charge in [-0.2, -0.15) is 0 Å². The molecule has 1 saturated heterocycles. The highest BCUT2D eigenvalue weighted by Gasteiger charge is 2.34. The monoisotopic (exact) mass is 572 g/mol. The molecule has 0 spiro atoms. The summed E-state index contributed by atoms with van der Waals surface area (Å²) in [5.41, 5.74) is 3.64. The molecule has 218 valence electrons. The standard InChI is InChI=1S/C36H36N4O3/c41-35(29-17-9-3-10-18-29)34(28-15-7-2-8-16-28)40-26-38-32(33(40)27-13-5-1-6-14-27)36(42)39-23-22-37-25-30(39)21-24-43-31-19-11-4-12-20-31/h1-20,26,30,34-35,37,41H,21-25H2/t30-,34+,35-/m1/s1. The molecule has 1 fully saturated rings. The number of benzene rings is 4. The number of nitrogens with zero attached hydrogens (tertiary/aromatic N) is 3. The van der Waals surface area contributed by atoms with Gasteiger partial charge in [-0.1, -0.05) is 109 Å². The van der Waals surface area contributed by atoms with Crippen molar-refractivity contribution in [2.24, 2.45) is 0 Å². The molecule has 0 unspecified atom stereocenters. The summed E-state index contributed by atoms with van der Waals surface area (Å²) in [6.45, 7) is 2.47. The Morgan fingerprint density at radius 1 is 0.860 bits per heavy atom. The molecule has 2 heterocycles. The Hall–Kier alpha value is -4.72. The maximum absolute atomic E-state index is 14.4. The molecule has 1 amide bonds. The Kier molecular flexibility index (Phi) is 8.92. The number of carbonyl (C=O) groups excluding carboxylic acids is 1. The van der Waals surface area contributed by atoms with Crippen LogP contribution in [0.15, 0.2) is 128 Å². The van der Waals surface area contributed by atoms with Gasteiger partial charge < -0.3 is 24.6 Å². The van der Waals surface area contributed by atoms with Crippen LogP contribution >= 0.6 is 0 Å². The molecular formula is C36H36N4O3. The first-order valence-corrected chi connectivity index (χ1v) is 14.8. The molecule has 3 atom stereocenters. The number of imidazole rings is 1. The van der Waals surface area contributed by atoms with E-state index in [2.05, 4.69) is 5.32 Å². The van der Waals surface area contributed by atoms with E-state index in [1.807, 2.05) is 131 Å². The van der Waals surface area contributed by atoms with E-state index in [-0.39, 0.29) is 11.9 Å². The SMILES string of the molecule is O=C(c1ncn([C@@H](c2ccccc2)[C@H](O)c2ccccc2)c1-c1ccccc1)N1CCNC[C@H]1CCOc1ccccc1. The van der Waals surface area contributed by atoms with Gasteiger partial charge in [-0.25, -0.2) is 4.98 Å². The second-order valence-corrected chi connectivity index (χ2v) is 10.7. The zero-order chi connectivity index (χ0) is 29.4. The summed E-state index contributed by atoms with van der Waals surface area (Å²) < 4.78 is 7.94. The molecule has 7 heteroatoms. The Bertz CT molecular complexity index is 1590. The summed E-state index contributed by atoms with van der Waals surface area (Å²) in [4.78, 5) is 21.1. The van der Waals surface area contributed by atoms with Crippen LogP contribution in [0.2, 0.25) is 0 Å². The number of rotatable bonds is 10. The molecule has 4 aromatic carbocycles. The summed E-state index contributed by atoms with van der Waals surface area (Å²) >= 11 is 0. The van der Waals surface area contributed by atoms with Gasteiger partial charge in [0.25, 0.3) is 5.91 Å². The van der Waals surface area contributed by atoms with Gasteiger partial charge in [0.05, 0.1) is 24.7 Å². The minimum absolute atomic E-state index is 0.0430. The van der Waals surface area contributed by atoms with E-state index in [1.165, 1.54) is 0 Å². The van der Waals surface area contributed by atoms with Crippen molar-refractivity contribution < 1.29 is 14.6 Å². The van der Waals surface area contributed by atoms with Crippen LogP contribution in [0.25, 0.3) is 11.3 Å². The van der Waals surface area contributed by atoms with Crippen molar-refractivity contribution in [1.82, 2.24) is 19.8 Å². The molecule has 0 saturated carbocycles. The van der Waals surface area contributed by atoms with Crippen LogP contribution in [0.4, 0.5) is 0 Å². The average Bonchev–Trinajstić information content (AvgIpc) is 3.51. The van der Waals surface area contributed by atoms with Crippen molar-refractivity contribution in [2.75, 3.05) is 26.2 Å². The van der Waals surface area contributed by atoms with Crippen LogP contribution in [-0.4, -0.2) is 57.7 Å². The van der Waals surface area contributed by atoms with Gasteiger partial charge in [0, 0.05) is 37.7 Å². The van der Waals surface area contributed by atoms with E-state index in [9.17, 15) is 9.90 Å². The Morgan fingerprint density at radius 3 is 2.14 bits per heavy atom. The zero-order valence-electron chi connectivity index (χ0n) is 24.0. The maximum atomic E-state index is 14.4. The number of nitrogens with one attached hydrogen (secondary N) is 1. The first kappa shape index (κ1) is 28.4. The first-order chi connectivity index (χ1) is 21.2. The zero-order valence-corrected chi connectivity index (χ0v) is 24.0. The number of para-hydroxylation sites is 1. The predicted molar refractivity (Wildman–Crippen MR) is 168 cm³/mol. The van der Waals surface area contributed by atoms with Crippen LogP contribution in [-0.2, 0) is 0 Å². The lowest BCUT2D eigenvalue weighted by Gasteiger charge is -2.36. The highest BCUT2D eigenvalue weighted by molar-refractivity contribution is 5.98. The minimum Gasteiger partial charge on any atom is -0.494 e. The summed E-state index contributed by atoms with van der Waals surface area (Å²) in [5.74, 6) is 0.697. The van der Waals surface area contributed by atoms with E-state index >= 15 is 0 Å². The number of piperazine rings is 1. The lowest BCUT2D eigenvalue weighted by Crippen LogP contribution is -2.54. The van der Waals surface area contributed by atoms with E-state index in [0.29, 0.717) is 44.0 Å². The smallest absolute Gasteiger partial charge is 0.275 e. The maximum Gasteiger partial charge on any atom is 0.275 e. The van der Waals surface area contributed by atoms with E-state index < -0.39 is 12.1 Å². The number of hydrogen-bond acceptors (Lipinski definition) is 5. The van der Waals surface area contributed by atoms with Gasteiger partial charge in [-0.05, 0) is 23.3 Å². The van der Waals surface area contributed by atoms with E-state index in [0.717, 1.165) is 22.4 Å². The fourth-order valence-electron chi connectivity index (χ4n) is 5.84. The van der Waals surface area contributed by atoms with Crippen molar-refractivity contribution in [3.05, 3.63) is 144 Å². The number of aromatic nitrogens is 2. The third kappa shape index (κ3) is 6.38. The molecule has 0 aliphatic carbocycles. The fourth-order valence-corrected chi connectivity index (χ4v) is 5.84. The van der Waals surface area contributed by atoms with Crippen molar-refractivity contribution in [2.45, 2.75) is 24.6 Å². The fraction of sp³-hybridized carbons (Fsp3) is 0.222. The number of aliphatic hydroxyl groups excluding tert-OH is 1. The third-order valence-corrected chi connectivity index (χ3v) is 8.00. The topological polar surface area (TPSA) is 79.6 Å². The second-order valence-electron chi connectivity index (χ2n) is 10.7. The Labute approximate surface area is 252 Å². The van der Waals surface area contributed by atoms with Crippen molar-refractivity contribution in [3.63, 3.8) is 0 Å². The second kappa shape index (κ2) is 13.5. The third-order valence-electron chi connectivity index (χ3n) is 8.00. The Balaban J connectivity index is 1.37. The van der Waals surface area contributed by atoms with Crippen molar-refractivity contribution in [3.8, 4) is 17.0 Å². The van der Waals surface area contributed by atoms with E-state index in [4.69, 9.17) is 9.72 Å². The molecule has 5 aromatic rings. The minimum atomic E-state index is -0.870. The molecule has 1 aromatic heterocycles. The quantitative estimate of drug-likeness (QED) is 0.223. The predicted octanol–water partition coefficient (Wildman–Crippen LogP) is 5.76. The van der Waals surface area contributed by atoms with E-state index in [1.54, 1.807) is 6.33 Å². The average molecular weight is 573 g/mol. The number of ether oxygens (including phenoxy) is 1. The molecule has 6 rings (SSSR count). The molecule has 7 nitrogen and oxygen atoms in total. The number of amides is 1. The van der Waals surface area contributed by atoms with Crippen molar-refractivity contribution >= 4 is 5.91 Å². The summed E-state index contributed by atoms with van der Waals surface area (Å²) in [6.07, 6.45) is 1.52.